The molecule has 0 aliphatic heterocycles. The summed E-state index contributed by atoms with van der Waals surface area (Å²) in [5.41, 5.74) is -0.920. The maximum Gasteiger partial charge on any atom is 0.434 e. The number of hydrogen-bond donors (Lipinski definition) is 0. The Hall–Kier alpha value is -0.100. The van der Waals surface area contributed by atoms with Gasteiger partial charge in [-0.1, -0.05) is 0 Å². The Bertz CT molecular complexity index is 297. The van der Waals surface area contributed by atoms with Gasteiger partial charge >= 0.3 is 6.18 Å². The van der Waals surface area contributed by atoms with E-state index in [0.717, 1.165) is 6.20 Å². The molecule has 1 aromatic rings. The van der Waals surface area contributed by atoms with Gasteiger partial charge in [0.1, 0.15) is 0 Å². The predicted octanol–water partition coefficient (Wildman–Crippen LogP) is 3.63. The summed E-state index contributed by atoms with van der Waals surface area (Å²) in [6, 6.07) is 1.43. The Morgan fingerprint density at radius 3 is 2.25 bits per heavy atom. The van der Waals surface area contributed by atoms with Crippen LogP contribution >= 0.6 is 31.9 Å². The summed E-state index contributed by atoms with van der Waals surface area (Å²) in [7, 11) is 0. The molecule has 0 spiro atoms. The highest BCUT2D eigenvalue weighted by Gasteiger charge is 2.35. The normalized spacial score (nSPS) is 11.8. The quantitative estimate of drug-likeness (QED) is 0.713. The topological polar surface area (TPSA) is 12.9 Å². The van der Waals surface area contributed by atoms with Crippen molar-refractivity contribution in [2.75, 3.05) is 0 Å². The van der Waals surface area contributed by atoms with Gasteiger partial charge in [-0.25, -0.2) is 0 Å². The molecule has 1 heterocycles. The van der Waals surface area contributed by atoms with E-state index in [2.05, 4.69) is 36.8 Å². The lowest BCUT2D eigenvalue weighted by molar-refractivity contribution is -0.141. The molecule has 1 nitrogen and oxygen atoms in total. The fraction of sp³-hybridized carbons (Fsp3) is 0.167. The van der Waals surface area contributed by atoms with Gasteiger partial charge in [0.15, 0.2) is 5.69 Å². The fourth-order valence-corrected chi connectivity index (χ4v) is 1.38. The lowest BCUT2D eigenvalue weighted by Gasteiger charge is -2.07. The van der Waals surface area contributed by atoms with Gasteiger partial charge in [-0.2, -0.15) is 13.2 Å². The third-order valence-electron chi connectivity index (χ3n) is 1.11. The van der Waals surface area contributed by atoms with Crippen LogP contribution in [0, 0.1) is 0 Å². The summed E-state index contributed by atoms with van der Waals surface area (Å²) in [5.74, 6) is 0. The van der Waals surface area contributed by atoms with Gasteiger partial charge in [0, 0.05) is 10.7 Å². The fourth-order valence-electron chi connectivity index (χ4n) is 0.618. The molecule has 0 aromatic carbocycles. The van der Waals surface area contributed by atoms with Crippen LogP contribution < -0.4 is 0 Å². The largest absolute Gasteiger partial charge is 0.434 e. The van der Waals surface area contributed by atoms with Crippen molar-refractivity contribution >= 4 is 31.9 Å². The number of alkyl halides is 3. The standard InChI is InChI=1S/C6H2Br2F3N/c7-3-1-2-12-5(4(3)8)6(9,10)11/h1-2H. The molecule has 6 heteroatoms. The Labute approximate surface area is 83.2 Å². The first-order valence-electron chi connectivity index (χ1n) is 2.80. The SMILES string of the molecule is FC(F)(F)c1nccc(Br)c1Br. The molecular formula is C6H2Br2F3N. The lowest BCUT2D eigenvalue weighted by Crippen LogP contribution is -2.08. The Morgan fingerprint density at radius 1 is 1.25 bits per heavy atom. The van der Waals surface area contributed by atoms with Gasteiger partial charge in [-0.15, -0.1) is 0 Å². The number of aromatic nitrogens is 1. The summed E-state index contributed by atoms with van der Waals surface area (Å²) in [5, 5.41) is 0. The minimum absolute atomic E-state index is 0.0718. The number of nitrogens with zero attached hydrogens (tertiary/aromatic N) is 1. The van der Waals surface area contributed by atoms with Crippen LogP contribution in [-0.2, 0) is 6.18 Å². The number of halogens is 5. The molecule has 0 aliphatic carbocycles. The highest BCUT2D eigenvalue weighted by molar-refractivity contribution is 9.13. The van der Waals surface area contributed by atoms with Crippen LogP contribution in [0.1, 0.15) is 5.69 Å². The van der Waals surface area contributed by atoms with Crippen LogP contribution in [0.3, 0.4) is 0 Å². The highest BCUT2D eigenvalue weighted by Crippen LogP contribution is 2.36. The van der Waals surface area contributed by atoms with E-state index in [9.17, 15) is 13.2 Å². The zero-order valence-corrected chi connectivity index (χ0v) is 8.66. The highest BCUT2D eigenvalue weighted by atomic mass is 79.9. The van der Waals surface area contributed by atoms with E-state index in [-0.39, 0.29) is 4.47 Å². The molecule has 0 amide bonds. The summed E-state index contributed by atoms with van der Waals surface area (Å²) >= 11 is 5.74. The summed E-state index contributed by atoms with van der Waals surface area (Å²) in [6.07, 6.45) is -3.32. The van der Waals surface area contributed by atoms with Gasteiger partial charge in [0.05, 0.1) is 4.47 Å². The molecule has 0 unspecified atom stereocenters. The van der Waals surface area contributed by atoms with Crippen molar-refractivity contribution in [2.24, 2.45) is 0 Å². The van der Waals surface area contributed by atoms with Crippen molar-refractivity contribution in [3.8, 4) is 0 Å². The molecule has 0 saturated carbocycles. The first kappa shape index (κ1) is 9.98. The van der Waals surface area contributed by atoms with Gasteiger partial charge in [-0.05, 0) is 37.9 Å². The van der Waals surface area contributed by atoms with E-state index in [0.29, 0.717) is 4.47 Å². The maximum atomic E-state index is 12.1. The van der Waals surface area contributed by atoms with Crippen molar-refractivity contribution in [3.05, 3.63) is 26.9 Å². The third-order valence-corrected chi connectivity index (χ3v) is 3.11. The van der Waals surface area contributed by atoms with Crippen molar-refractivity contribution in [1.29, 1.82) is 0 Å². The number of pyridine rings is 1. The predicted molar refractivity (Wildman–Crippen MR) is 44.6 cm³/mol. The first-order chi connectivity index (χ1) is 5.43. The molecule has 0 fully saturated rings. The van der Waals surface area contributed by atoms with Crippen molar-refractivity contribution in [1.82, 2.24) is 4.98 Å². The smallest absolute Gasteiger partial charge is 0.251 e. The van der Waals surface area contributed by atoms with Crippen LogP contribution in [0.4, 0.5) is 13.2 Å². The van der Waals surface area contributed by atoms with E-state index in [4.69, 9.17) is 0 Å². The third kappa shape index (κ3) is 1.98. The second-order valence-corrected chi connectivity index (χ2v) is 3.60. The van der Waals surface area contributed by atoms with Crippen LogP contribution in [0.5, 0.6) is 0 Å². The Morgan fingerprint density at radius 2 is 1.83 bits per heavy atom. The minimum atomic E-state index is -4.41. The molecule has 1 aromatic heterocycles. The van der Waals surface area contributed by atoms with Crippen molar-refractivity contribution in [3.63, 3.8) is 0 Å². The average molecular weight is 305 g/mol. The van der Waals surface area contributed by atoms with Crippen LogP contribution in [-0.4, -0.2) is 4.98 Å². The van der Waals surface area contributed by atoms with Gasteiger partial charge in [0.25, 0.3) is 0 Å². The molecule has 0 N–H and O–H groups in total. The molecule has 66 valence electrons. The molecular weight excluding hydrogens is 303 g/mol. The summed E-state index contributed by atoms with van der Waals surface area (Å²) in [4.78, 5) is 3.21. The van der Waals surface area contributed by atoms with E-state index in [1.807, 2.05) is 0 Å². The Kier molecular flexibility index (Phi) is 2.77. The lowest BCUT2D eigenvalue weighted by atomic mass is 10.3. The van der Waals surface area contributed by atoms with Gasteiger partial charge in [-0.3, -0.25) is 4.98 Å². The van der Waals surface area contributed by atoms with Crippen LogP contribution in [0.15, 0.2) is 21.2 Å². The zero-order valence-electron chi connectivity index (χ0n) is 5.49. The second-order valence-electron chi connectivity index (χ2n) is 1.95. The van der Waals surface area contributed by atoms with Gasteiger partial charge < -0.3 is 0 Å². The van der Waals surface area contributed by atoms with Crippen LogP contribution in [0.25, 0.3) is 0 Å². The molecule has 0 bridgehead atoms. The van der Waals surface area contributed by atoms with E-state index in [1.165, 1.54) is 6.07 Å². The maximum absolute atomic E-state index is 12.1. The first-order valence-corrected chi connectivity index (χ1v) is 4.38. The van der Waals surface area contributed by atoms with Crippen LogP contribution in [0.2, 0.25) is 0 Å². The molecule has 0 atom stereocenters. The zero-order chi connectivity index (χ0) is 9.35. The average Bonchev–Trinajstić information content (AvgIpc) is 1.92. The van der Waals surface area contributed by atoms with Gasteiger partial charge in [0.2, 0.25) is 0 Å². The summed E-state index contributed by atoms with van der Waals surface area (Å²) in [6.45, 7) is 0. The molecule has 0 aliphatic rings. The number of hydrogen-bond acceptors (Lipinski definition) is 1. The molecule has 1 rings (SSSR count). The molecule has 12 heavy (non-hydrogen) atoms. The van der Waals surface area contributed by atoms with Crippen molar-refractivity contribution < 1.29 is 13.2 Å². The van der Waals surface area contributed by atoms with Crippen molar-refractivity contribution in [2.45, 2.75) is 6.18 Å². The monoisotopic (exact) mass is 303 g/mol. The van der Waals surface area contributed by atoms with E-state index in [1.54, 1.807) is 0 Å². The Balaban J connectivity index is 3.26. The van der Waals surface area contributed by atoms with E-state index < -0.39 is 11.9 Å². The number of rotatable bonds is 0. The molecule has 0 radical (unpaired) electrons. The van der Waals surface area contributed by atoms with E-state index >= 15 is 0 Å². The second kappa shape index (κ2) is 3.33. The minimum Gasteiger partial charge on any atom is -0.251 e. The molecule has 0 saturated heterocycles. The summed E-state index contributed by atoms with van der Waals surface area (Å²) < 4.78 is 36.6.